The minimum atomic E-state index is 0.651. The number of anilines is 2. The Bertz CT molecular complexity index is 379. The summed E-state index contributed by atoms with van der Waals surface area (Å²) in [5.74, 6) is 2.29. The molecule has 1 aromatic rings. The van der Waals surface area contributed by atoms with Crippen molar-refractivity contribution in [2.24, 2.45) is 0 Å². The van der Waals surface area contributed by atoms with Crippen LogP contribution in [0.2, 0.25) is 0 Å². The zero-order chi connectivity index (χ0) is 12.8. The molecule has 0 saturated carbocycles. The van der Waals surface area contributed by atoms with E-state index in [9.17, 15) is 0 Å². The van der Waals surface area contributed by atoms with Crippen LogP contribution in [0.5, 0.6) is 0 Å². The van der Waals surface area contributed by atoms with E-state index in [2.05, 4.69) is 32.1 Å². The average molecular weight is 251 g/mol. The maximum absolute atomic E-state index is 5.34. The second-order valence-corrected chi connectivity index (χ2v) is 4.33. The van der Waals surface area contributed by atoms with E-state index in [0.29, 0.717) is 5.95 Å². The second-order valence-electron chi connectivity index (χ2n) is 4.33. The van der Waals surface area contributed by atoms with Crippen LogP contribution in [-0.2, 0) is 11.2 Å². The Kier molecular flexibility index (Phi) is 4.69. The lowest BCUT2D eigenvalue weighted by Crippen LogP contribution is -2.37. The molecule has 2 rings (SSSR count). The number of nitrogens with one attached hydrogen (secondary N) is 1. The fourth-order valence-corrected chi connectivity index (χ4v) is 1.87. The third-order valence-electron chi connectivity index (χ3n) is 2.94. The van der Waals surface area contributed by atoms with Crippen LogP contribution in [0.3, 0.4) is 0 Å². The van der Waals surface area contributed by atoms with E-state index in [4.69, 9.17) is 4.74 Å². The first kappa shape index (κ1) is 13.0. The largest absolute Gasteiger partial charge is 0.378 e. The number of unbranched alkanes of at least 4 members (excludes halogenated alkanes) is 1. The van der Waals surface area contributed by atoms with E-state index in [0.717, 1.165) is 57.3 Å². The maximum Gasteiger partial charge on any atom is 0.230 e. The highest BCUT2D eigenvalue weighted by atomic mass is 16.5. The van der Waals surface area contributed by atoms with Crippen LogP contribution in [0.25, 0.3) is 0 Å². The first-order chi connectivity index (χ1) is 8.83. The minimum absolute atomic E-state index is 0.651. The Morgan fingerprint density at radius 2 is 2.00 bits per heavy atom. The van der Waals surface area contributed by atoms with Gasteiger partial charge in [0.2, 0.25) is 11.9 Å². The van der Waals surface area contributed by atoms with Gasteiger partial charge in [-0.1, -0.05) is 13.3 Å². The van der Waals surface area contributed by atoms with Crippen molar-refractivity contribution in [1.82, 2.24) is 15.0 Å². The molecule has 2 heterocycles. The van der Waals surface area contributed by atoms with Gasteiger partial charge in [0, 0.05) is 26.6 Å². The normalized spacial score (nSPS) is 15.8. The summed E-state index contributed by atoms with van der Waals surface area (Å²) in [6, 6.07) is 0. The van der Waals surface area contributed by atoms with Crippen molar-refractivity contribution < 1.29 is 4.74 Å². The predicted octanol–water partition coefficient (Wildman–Crippen LogP) is 1.09. The van der Waals surface area contributed by atoms with Gasteiger partial charge in [-0.15, -0.1) is 0 Å². The highest BCUT2D eigenvalue weighted by Gasteiger charge is 2.15. The maximum atomic E-state index is 5.34. The summed E-state index contributed by atoms with van der Waals surface area (Å²) < 4.78 is 5.34. The molecule has 0 amide bonds. The molecule has 6 nitrogen and oxygen atoms in total. The fraction of sp³-hybridized carbons (Fsp3) is 0.750. The summed E-state index contributed by atoms with van der Waals surface area (Å²) in [7, 11) is 1.84. The van der Waals surface area contributed by atoms with Crippen molar-refractivity contribution in [3.05, 3.63) is 5.82 Å². The van der Waals surface area contributed by atoms with E-state index in [-0.39, 0.29) is 0 Å². The lowest BCUT2D eigenvalue weighted by atomic mass is 10.2. The molecule has 18 heavy (non-hydrogen) atoms. The van der Waals surface area contributed by atoms with Crippen molar-refractivity contribution in [1.29, 1.82) is 0 Å². The molecular weight excluding hydrogens is 230 g/mol. The molecule has 1 aliphatic rings. The van der Waals surface area contributed by atoms with Gasteiger partial charge in [0.05, 0.1) is 13.2 Å². The smallest absolute Gasteiger partial charge is 0.230 e. The summed E-state index contributed by atoms with van der Waals surface area (Å²) >= 11 is 0. The lowest BCUT2D eigenvalue weighted by molar-refractivity contribution is 0.122. The Balaban J connectivity index is 2.16. The molecule has 1 saturated heterocycles. The predicted molar refractivity (Wildman–Crippen MR) is 71.0 cm³/mol. The molecule has 1 fully saturated rings. The number of aryl methyl sites for hydroxylation is 1. The van der Waals surface area contributed by atoms with Crippen molar-refractivity contribution in [2.45, 2.75) is 26.2 Å². The summed E-state index contributed by atoms with van der Waals surface area (Å²) in [6.07, 6.45) is 3.16. The van der Waals surface area contributed by atoms with Gasteiger partial charge in [-0.25, -0.2) is 0 Å². The number of rotatable bonds is 5. The van der Waals surface area contributed by atoms with E-state index in [1.54, 1.807) is 0 Å². The highest BCUT2D eigenvalue weighted by molar-refractivity contribution is 5.37. The van der Waals surface area contributed by atoms with E-state index < -0.39 is 0 Å². The molecule has 1 aromatic heterocycles. The fourth-order valence-electron chi connectivity index (χ4n) is 1.87. The van der Waals surface area contributed by atoms with E-state index in [1.165, 1.54) is 0 Å². The molecule has 0 radical (unpaired) electrons. The van der Waals surface area contributed by atoms with Gasteiger partial charge in [0.1, 0.15) is 5.82 Å². The molecule has 1 N–H and O–H groups in total. The number of hydrogen-bond donors (Lipinski definition) is 1. The van der Waals surface area contributed by atoms with Crippen molar-refractivity contribution in [2.75, 3.05) is 43.6 Å². The molecule has 0 spiro atoms. The van der Waals surface area contributed by atoms with Crippen molar-refractivity contribution in [3.63, 3.8) is 0 Å². The number of nitrogens with zero attached hydrogens (tertiary/aromatic N) is 4. The van der Waals surface area contributed by atoms with Gasteiger partial charge >= 0.3 is 0 Å². The first-order valence-electron chi connectivity index (χ1n) is 6.59. The SMILES string of the molecule is CCCCc1nc(NC)nc(N2CCOCC2)n1. The van der Waals surface area contributed by atoms with Gasteiger partial charge in [0.25, 0.3) is 0 Å². The summed E-state index contributed by atoms with van der Waals surface area (Å²) in [4.78, 5) is 15.5. The third-order valence-corrected chi connectivity index (χ3v) is 2.94. The molecule has 0 aromatic carbocycles. The minimum Gasteiger partial charge on any atom is -0.378 e. The van der Waals surface area contributed by atoms with Gasteiger partial charge in [-0.3, -0.25) is 0 Å². The van der Waals surface area contributed by atoms with Crippen LogP contribution in [0.15, 0.2) is 0 Å². The summed E-state index contributed by atoms with van der Waals surface area (Å²) in [5, 5.41) is 3.00. The van der Waals surface area contributed by atoms with Crippen LogP contribution in [0, 0.1) is 0 Å². The molecule has 6 heteroatoms. The molecule has 0 bridgehead atoms. The molecule has 0 atom stereocenters. The molecule has 1 aliphatic heterocycles. The Morgan fingerprint density at radius 3 is 2.67 bits per heavy atom. The van der Waals surface area contributed by atoms with Gasteiger partial charge in [-0.2, -0.15) is 15.0 Å². The highest BCUT2D eigenvalue weighted by Crippen LogP contribution is 2.13. The molecular formula is C12H21N5O. The number of hydrogen-bond acceptors (Lipinski definition) is 6. The van der Waals surface area contributed by atoms with Crippen molar-refractivity contribution >= 4 is 11.9 Å². The Morgan fingerprint density at radius 1 is 1.22 bits per heavy atom. The van der Waals surface area contributed by atoms with Crippen molar-refractivity contribution in [3.8, 4) is 0 Å². The van der Waals surface area contributed by atoms with Gasteiger partial charge < -0.3 is 15.0 Å². The first-order valence-corrected chi connectivity index (χ1v) is 6.59. The van der Waals surface area contributed by atoms with E-state index in [1.807, 2.05) is 7.05 Å². The molecule has 0 aliphatic carbocycles. The number of aromatic nitrogens is 3. The quantitative estimate of drug-likeness (QED) is 0.845. The van der Waals surface area contributed by atoms with Crippen LogP contribution in [0.1, 0.15) is 25.6 Å². The zero-order valence-corrected chi connectivity index (χ0v) is 11.1. The Hall–Kier alpha value is -1.43. The van der Waals surface area contributed by atoms with Crippen LogP contribution < -0.4 is 10.2 Å². The van der Waals surface area contributed by atoms with Gasteiger partial charge in [0.15, 0.2) is 0 Å². The van der Waals surface area contributed by atoms with Crippen LogP contribution >= 0.6 is 0 Å². The molecule has 100 valence electrons. The number of ether oxygens (including phenoxy) is 1. The third kappa shape index (κ3) is 3.29. The Labute approximate surface area is 108 Å². The summed E-state index contributed by atoms with van der Waals surface area (Å²) in [6.45, 7) is 5.35. The standard InChI is InChI=1S/C12H21N5O/c1-3-4-5-10-14-11(13-2)16-12(15-10)17-6-8-18-9-7-17/h3-9H2,1-2H3,(H,13,14,15,16). The average Bonchev–Trinajstić information content (AvgIpc) is 2.45. The number of morpholine rings is 1. The second kappa shape index (κ2) is 6.49. The molecule has 0 unspecified atom stereocenters. The van der Waals surface area contributed by atoms with E-state index >= 15 is 0 Å². The van der Waals surface area contributed by atoms with Gasteiger partial charge in [-0.05, 0) is 6.42 Å². The van der Waals surface area contributed by atoms with Crippen LogP contribution in [-0.4, -0.2) is 48.3 Å². The zero-order valence-electron chi connectivity index (χ0n) is 11.1. The summed E-state index contributed by atoms with van der Waals surface area (Å²) in [5.41, 5.74) is 0. The van der Waals surface area contributed by atoms with Crippen LogP contribution in [0.4, 0.5) is 11.9 Å². The topological polar surface area (TPSA) is 63.2 Å². The lowest BCUT2D eigenvalue weighted by Gasteiger charge is -2.27. The monoisotopic (exact) mass is 251 g/mol.